The molecule has 3 atom stereocenters. The Balaban J connectivity index is 5.93. The number of amides is 3. The third kappa shape index (κ3) is 10.7. The first-order chi connectivity index (χ1) is 16.3. The van der Waals surface area contributed by atoms with Gasteiger partial charge < -0.3 is 15.5 Å². The van der Waals surface area contributed by atoms with Gasteiger partial charge in [0.2, 0.25) is 23.5 Å². The summed E-state index contributed by atoms with van der Waals surface area (Å²) in [5.74, 6) is -12.7. The number of halogens is 5. The zero-order chi connectivity index (χ0) is 29.7. The number of hydrogen-bond acceptors (Lipinski definition) is 5. The van der Waals surface area contributed by atoms with Crippen molar-refractivity contribution in [2.75, 3.05) is 14.1 Å². The Labute approximate surface area is 214 Å². The van der Waals surface area contributed by atoms with Crippen LogP contribution in [-0.4, -0.2) is 72.5 Å². The molecule has 0 aliphatic heterocycles. The van der Waals surface area contributed by atoms with E-state index in [1.165, 1.54) is 14.1 Å². The number of Topliss-reactive ketones (excluding diaryl/α,β-unsaturated/α-hetero) is 2. The van der Waals surface area contributed by atoms with Crippen molar-refractivity contribution in [2.45, 2.75) is 91.9 Å². The molecule has 0 fully saturated rings. The van der Waals surface area contributed by atoms with E-state index >= 15 is 0 Å². The number of nitrogens with one attached hydrogen (secondary N) is 2. The Morgan fingerprint density at radius 3 is 1.68 bits per heavy atom. The largest absolute Gasteiger partial charge is 0.461 e. The maximum Gasteiger partial charge on any atom is 0.461 e. The summed E-state index contributed by atoms with van der Waals surface area (Å²) in [6, 6.07) is -3.36. The minimum absolute atomic E-state index is 0.0862. The predicted octanol–water partition coefficient (Wildman–Crippen LogP) is 3.28. The van der Waals surface area contributed by atoms with Crippen LogP contribution in [0.1, 0.15) is 67.7 Å². The van der Waals surface area contributed by atoms with Crippen molar-refractivity contribution in [1.82, 2.24) is 15.5 Å². The van der Waals surface area contributed by atoms with Crippen LogP contribution >= 0.6 is 0 Å². The average Bonchev–Trinajstić information content (AvgIpc) is 2.67. The van der Waals surface area contributed by atoms with Crippen LogP contribution in [0.4, 0.5) is 22.0 Å². The van der Waals surface area contributed by atoms with Gasteiger partial charge in [0, 0.05) is 33.4 Å². The van der Waals surface area contributed by atoms with Crippen LogP contribution in [0, 0.1) is 16.7 Å². The van der Waals surface area contributed by atoms with E-state index in [2.05, 4.69) is 5.32 Å². The van der Waals surface area contributed by atoms with Gasteiger partial charge in [-0.05, 0) is 17.8 Å². The molecule has 0 saturated carbocycles. The molecular formula is C24H38F5N3O5. The number of alkyl halides is 5. The molecule has 2 N–H and O–H groups in total. The summed E-state index contributed by atoms with van der Waals surface area (Å²) >= 11 is 0. The number of nitrogens with zero attached hydrogens (tertiary/aromatic N) is 1. The van der Waals surface area contributed by atoms with Crippen LogP contribution in [0.15, 0.2) is 0 Å². The maximum atomic E-state index is 13.4. The van der Waals surface area contributed by atoms with E-state index < -0.39 is 83.1 Å². The minimum atomic E-state index is -6.16. The van der Waals surface area contributed by atoms with Gasteiger partial charge in [-0.25, -0.2) is 0 Å². The summed E-state index contributed by atoms with van der Waals surface area (Å²) in [6.07, 6.45) is -7.30. The Morgan fingerprint density at radius 2 is 1.30 bits per heavy atom. The lowest BCUT2D eigenvalue weighted by Gasteiger charge is -2.32. The second kappa shape index (κ2) is 12.3. The Morgan fingerprint density at radius 1 is 0.811 bits per heavy atom. The lowest BCUT2D eigenvalue weighted by Crippen LogP contribution is -2.54. The summed E-state index contributed by atoms with van der Waals surface area (Å²) < 4.78 is 64.6. The van der Waals surface area contributed by atoms with Crippen LogP contribution in [0.2, 0.25) is 0 Å². The molecule has 0 aromatic carbocycles. The average molecular weight is 544 g/mol. The molecular weight excluding hydrogens is 505 g/mol. The Kier molecular flexibility index (Phi) is 11.4. The Bertz CT molecular complexity index is 873. The van der Waals surface area contributed by atoms with Crippen LogP contribution in [0.3, 0.4) is 0 Å². The van der Waals surface area contributed by atoms with Crippen LogP contribution in [-0.2, 0) is 24.0 Å². The first kappa shape index (κ1) is 34.4. The van der Waals surface area contributed by atoms with Gasteiger partial charge >= 0.3 is 12.1 Å². The highest BCUT2D eigenvalue weighted by Crippen LogP contribution is 2.37. The van der Waals surface area contributed by atoms with Gasteiger partial charge in [0.1, 0.15) is 0 Å². The van der Waals surface area contributed by atoms with E-state index in [0.29, 0.717) is 6.92 Å². The molecule has 214 valence electrons. The Hall–Kier alpha value is -2.60. The number of rotatable bonds is 11. The van der Waals surface area contributed by atoms with Gasteiger partial charge in [-0.3, -0.25) is 24.0 Å². The topological polar surface area (TPSA) is 113 Å². The second-order valence-electron chi connectivity index (χ2n) is 11.6. The number of ketones is 2. The lowest BCUT2D eigenvalue weighted by molar-refractivity contribution is -0.269. The van der Waals surface area contributed by atoms with Gasteiger partial charge in [0.05, 0.1) is 18.0 Å². The molecule has 0 aromatic heterocycles. The summed E-state index contributed by atoms with van der Waals surface area (Å²) in [5, 5.41) is 4.41. The molecule has 3 amide bonds. The van der Waals surface area contributed by atoms with E-state index in [0.717, 1.165) is 4.90 Å². The number of hydrogen-bond donors (Lipinski definition) is 2. The minimum Gasteiger partial charge on any atom is -0.349 e. The molecule has 37 heavy (non-hydrogen) atoms. The molecule has 0 aliphatic carbocycles. The van der Waals surface area contributed by atoms with Crippen molar-refractivity contribution in [1.29, 1.82) is 0 Å². The van der Waals surface area contributed by atoms with E-state index in [1.54, 1.807) is 26.1 Å². The van der Waals surface area contributed by atoms with Crippen LogP contribution in [0.25, 0.3) is 0 Å². The summed E-state index contributed by atoms with van der Waals surface area (Å²) in [4.78, 5) is 63.6. The third-order valence-corrected chi connectivity index (χ3v) is 5.34. The van der Waals surface area contributed by atoms with Crippen molar-refractivity contribution in [3.05, 3.63) is 0 Å². The first-order valence-corrected chi connectivity index (χ1v) is 11.6. The van der Waals surface area contributed by atoms with Crippen molar-refractivity contribution in [2.24, 2.45) is 16.7 Å². The molecule has 0 bridgehead atoms. The summed E-state index contributed by atoms with van der Waals surface area (Å²) in [5.41, 5.74) is -1.22. The maximum absolute atomic E-state index is 13.4. The SMILES string of the molecule is C[C@@H](NC(=O)[C@@H](CC(=O)[C@@H](NC(=O)CC(C)(C)C)C(C)(C)C)CC(=O)N(C)C)C(=O)C(F)(F)C(F)(F)F. The molecule has 0 aliphatic rings. The molecule has 0 unspecified atom stereocenters. The molecule has 0 heterocycles. The quantitative estimate of drug-likeness (QED) is 0.389. The molecule has 0 saturated heterocycles. The predicted molar refractivity (Wildman–Crippen MR) is 125 cm³/mol. The zero-order valence-corrected chi connectivity index (χ0v) is 22.7. The molecule has 0 spiro atoms. The van der Waals surface area contributed by atoms with Crippen molar-refractivity contribution in [3.8, 4) is 0 Å². The first-order valence-electron chi connectivity index (χ1n) is 11.6. The van der Waals surface area contributed by atoms with Crippen molar-refractivity contribution < 1.29 is 45.9 Å². The fraction of sp³-hybridized carbons (Fsp3) is 0.792. The highest BCUT2D eigenvalue weighted by atomic mass is 19.4. The lowest BCUT2D eigenvalue weighted by atomic mass is 9.80. The summed E-state index contributed by atoms with van der Waals surface area (Å²) in [7, 11) is 2.72. The molecule has 0 radical (unpaired) electrons. The smallest absolute Gasteiger partial charge is 0.349 e. The van der Waals surface area contributed by atoms with Gasteiger partial charge in [0.15, 0.2) is 5.78 Å². The molecule has 0 aromatic rings. The standard InChI is InChI=1S/C24H38F5N3O5/c1-13(19(36)23(25,26)24(27,28)29)30-20(37)14(11-17(35)32(8)9)10-15(33)18(22(5,6)7)31-16(34)12-21(2,3)4/h13-14,18H,10-12H2,1-9H3,(H,30,37)(H,31,34)/t13-,14+,18-/m1/s1. The summed E-state index contributed by atoms with van der Waals surface area (Å²) in [6.45, 7) is 11.1. The zero-order valence-electron chi connectivity index (χ0n) is 22.7. The van der Waals surface area contributed by atoms with E-state index in [9.17, 15) is 45.9 Å². The second-order valence-corrected chi connectivity index (χ2v) is 11.6. The number of carbonyl (C=O) groups is 5. The molecule has 8 nitrogen and oxygen atoms in total. The van der Waals surface area contributed by atoms with Gasteiger partial charge in [0.25, 0.3) is 0 Å². The highest BCUT2D eigenvalue weighted by Gasteiger charge is 2.64. The van der Waals surface area contributed by atoms with E-state index in [-0.39, 0.29) is 6.42 Å². The third-order valence-electron chi connectivity index (χ3n) is 5.34. The fourth-order valence-electron chi connectivity index (χ4n) is 3.29. The molecule has 0 rings (SSSR count). The van der Waals surface area contributed by atoms with Crippen LogP contribution in [0.5, 0.6) is 0 Å². The van der Waals surface area contributed by atoms with E-state index in [1.807, 2.05) is 20.8 Å². The van der Waals surface area contributed by atoms with Gasteiger partial charge in [-0.15, -0.1) is 0 Å². The highest BCUT2D eigenvalue weighted by molar-refractivity contribution is 5.97. The van der Waals surface area contributed by atoms with Crippen LogP contribution < -0.4 is 10.6 Å². The van der Waals surface area contributed by atoms with Gasteiger partial charge in [-0.2, -0.15) is 22.0 Å². The van der Waals surface area contributed by atoms with Crippen molar-refractivity contribution in [3.63, 3.8) is 0 Å². The monoisotopic (exact) mass is 543 g/mol. The van der Waals surface area contributed by atoms with Crippen molar-refractivity contribution >= 4 is 29.3 Å². The molecule has 13 heteroatoms. The number of carbonyl (C=O) groups excluding carboxylic acids is 5. The van der Waals surface area contributed by atoms with Gasteiger partial charge in [-0.1, -0.05) is 41.5 Å². The van der Waals surface area contributed by atoms with E-state index in [4.69, 9.17) is 0 Å². The fourth-order valence-corrected chi connectivity index (χ4v) is 3.29. The normalized spacial score (nSPS) is 15.3.